The summed E-state index contributed by atoms with van der Waals surface area (Å²) in [5.74, 6) is -0.548. The fraction of sp³-hybridized carbons (Fsp3) is 0.650. The van der Waals surface area contributed by atoms with Crippen molar-refractivity contribution in [2.45, 2.75) is 64.0 Å². The molecule has 30 heavy (non-hydrogen) atoms. The van der Waals surface area contributed by atoms with Gasteiger partial charge in [0.15, 0.2) is 0 Å². The monoisotopic (exact) mass is 429 g/mol. The van der Waals surface area contributed by atoms with Crippen molar-refractivity contribution < 1.29 is 32.2 Å². The maximum atomic E-state index is 13.5. The average molecular weight is 429 g/mol. The molecular formula is C20H26F3N3O4. The van der Waals surface area contributed by atoms with Crippen molar-refractivity contribution in [1.82, 2.24) is 9.88 Å². The minimum Gasteiger partial charge on any atom is -0.444 e. The quantitative estimate of drug-likeness (QED) is 0.682. The van der Waals surface area contributed by atoms with Gasteiger partial charge in [-0.3, -0.25) is 9.78 Å². The second-order valence-corrected chi connectivity index (χ2v) is 8.73. The Morgan fingerprint density at radius 3 is 2.47 bits per heavy atom. The molecule has 1 aromatic heterocycles. The van der Waals surface area contributed by atoms with Crippen molar-refractivity contribution in [1.29, 1.82) is 0 Å². The van der Waals surface area contributed by atoms with Crippen LogP contribution >= 0.6 is 0 Å². The molecular weight excluding hydrogens is 403 g/mol. The summed E-state index contributed by atoms with van der Waals surface area (Å²) >= 11 is 0. The van der Waals surface area contributed by atoms with Crippen LogP contribution in [0.4, 0.5) is 23.7 Å². The lowest BCUT2D eigenvalue weighted by Crippen LogP contribution is -2.62. The van der Waals surface area contributed by atoms with Gasteiger partial charge in [-0.1, -0.05) is 0 Å². The fourth-order valence-corrected chi connectivity index (χ4v) is 3.79. The Kier molecular flexibility index (Phi) is 5.74. The minimum absolute atomic E-state index is 0.0346. The van der Waals surface area contributed by atoms with Crippen molar-refractivity contribution in [3.05, 3.63) is 24.0 Å². The number of anilines is 1. The van der Waals surface area contributed by atoms with E-state index in [4.69, 9.17) is 9.47 Å². The van der Waals surface area contributed by atoms with Crippen LogP contribution in [-0.2, 0) is 20.4 Å². The molecule has 2 aliphatic rings. The number of rotatable bonds is 1. The first kappa shape index (κ1) is 22.3. The van der Waals surface area contributed by atoms with E-state index >= 15 is 0 Å². The lowest BCUT2D eigenvalue weighted by molar-refractivity contribution is -0.161. The van der Waals surface area contributed by atoms with E-state index in [1.165, 1.54) is 6.92 Å². The number of alkyl halides is 3. The van der Waals surface area contributed by atoms with Crippen LogP contribution in [0, 0.1) is 0 Å². The van der Waals surface area contributed by atoms with Crippen LogP contribution in [0.3, 0.4) is 0 Å². The Hall–Kier alpha value is -2.36. The summed E-state index contributed by atoms with van der Waals surface area (Å²) in [6.07, 6.45) is -3.11. The maximum absolute atomic E-state index is 13.5. The maximum Gasteiger partial charge on any atom is 0.418 e. The number of likely N-dealkylation sites (tertiary alicyclic amines) is 1. The van der Waals surface area contributed by atoms with E-state index in [0.29, 0.717) is 25.9 Å². The molecule has 3 rings (SSSR count). The molecule has 10 heteroatoms. The predicted octanol–water partition coefficient (Wildman–Crippen LogP) is 3.62. The van der Waals surface area contributed by atoms with Crippen molar-refractivity contribution in [3.8, 4) is 0 Å². The van der Waals surface area contributed by atoms with Crippen molar-refractivity contribution in [2.75, 3.05) is 24.5 Å². The Labute approximate surface area is 173 Å². The van der Waals surface area contributed by atoms with E-state index < -0.39 is 41.0 Å². The van der Waals surface area contributed by atoms with Gasteiger partial charge in [-0.15, -0.1) is 0 Å². The molecule has 0 aromatic carbocycles. The van der Waals surface area contributed by atoms with Gasteiger partial charge in [-0.05, 0) is 46.6 Å². The number of nitrogens with zero attached hydrogens (tertiary/aromatic N) is 3. The molecule has 0 bridgehead atoms. The summed E-state index contributed by atoms with van der Waals surface area (Å²) < 4.78 is 51.8. The van der Waals surface area contributed by atoms with Crippen LogP contribution in [0.5, 0.6) is 0 Å². The van der Waals surface area contributed by atoms with Crippen LogP contribution in [-0.4, -0.2) is 58.8 Å². The molecule has 2 amide bonds. The molecule has 1 aromatic rings. The van der Waals surface area contributed by atoms with Crippen LogP contribution in [0.15, 0.2) is 18.5 Å². The van der Waals surface area contributed by atoms with Gasteiger partial charge in [0.25, 0.3) is 5.91 Å². The highest BCUT2D eigenvalue weighted by atomic mass is 19.4. The molecule has 166 valence electrons. The first-order valence-electron chi connectivity index (χ1n) is 9.80. The van der Waals surface area contributed by atoms with Gasteiger partial charge >= 0.3 is 12.3 Å². The molecule has 1 atom stereocenters. The Morgan fingerprint density at radius 1 is 1.27 bits per heavy atom. The van der Waals surface area contributed by atoms with Crippen LogP contribution in [0.25, 0.3) is 0 Å². The minimum atomic E-state index is -4.62. The molecule has 1 spiro atoms. The number of carbonyl (C=O) groups excluding carboxylic acids is 2. The summed E-state index contributed by atoms with van der Waals surface area (Å²) in [4.78, 5) is 31.5. The number of ether oxygens (including phenoxy) is 2. The van der Waals surface area contributed by atoms with E-state index in [1.54, 1.807) is 25.7 Å². The Balaban J connectivity index is 1.80. The zero-order valence-corrected chi connectivity index (χ0v) is 17.5. The molecule has 0 aliphatic carbocycles. The second kappa shape index (κ2) is 7.72. The summed E-state index contributed by atoms with van der Waals surface area (Å²) in [6.45, 7) is 7.46. The predicted molar refractivity (Wildman–Crippen MR) is 102 cm³/mol. The third kappa shape index (κ3) is 4.69. The standard InChI is InChI=1S/C20H26F3N3O4/c1-13-16(27)26(15-11-24-8-5-14(15)20(21,22)23)12-19(29-13)6-9-25(10-7-19)17(28)30-18(2,3)4/h5,8,11,13H,6-7,9-10,12H2,1-4H3. The van der Waals surface area contributed by atoms with E-state index in [-0.39, 0.29) is 12.2 Å². The number of piperidine rings is 1. The van der Waals surface area contributed by atoms with Crippen LogP contribution < -0.4 is 4.90 Å². The summed E-state index contributed by atoms with van der Waals surface area (Å²) in [7, 11) is 0. The third-order valence-electron chi connectivity index (χ3n) is 5.21. The Bertz CT molecular complexity index is 814. The first-order valence-corrected chi connectivity index (χ1v) is 9.80. The highest BCUT2D eigenvalue weighted by molar-refractivity contribution is 5.97. The number of pyridine rings is 1. The highest BCUT2D eigenvalue weighted by Gasteiger charge is 2.48. The van der Waals surface area contributed by atoms with Crippen LogP contribution in [0.2, 0.25) is 0 Å². The van der Waals surface area contributed by atoms with E-state index in [0.717, 1.165) is 23.4 Å². The van der Waals surface area contributed by atoms with E-state index in [9.17, 15) is 22.8 Å². The van der Waals surface area contributed by atoms with Gasteiger partial charge < -0.3 is 19.3 Å². The van der Waals surface area contributed by atoms with Gasteiger partial charge in [-0.25, -0.2) is 4.79 Å². The lowest BCUT2D eigenvalue weighted by Gasteiger charge is -2.49. The summed E-state index contributed by atoms with van der Waals surface area (Å²) in [5, 5.41) is 0. The molecule has 0 radical (unpaired) electrons. The van der Waals surface area contributed by atoms with Crippen molar-refractivity contribution in [3.63, 3.8) is 0 Å². The number of morpholine rings is 1. The topological polar surface area (TPSA) is 72.0 Å². The number of hydrogen-bond acceptors (Lipinski definition) is 5. The number of aromatic nitrogens is 1. The molecule has 0 saturated carbocycles. The number of hydrogen-bond donors (Lipinski definition) is 0. The molecule has 3 heterocycles. The molecule has 2 aliphatic heterocycles. The smallest absolute Gasteiger partial charge is 0.418 e. The summed E-state index contributed by atoms with van der Waals surface area (Å²) in [6, 6.07) is 0.862. The molecule has 7 nitrogen and oxygen atoms in total. The fourth-order valence-electron chi connectivity index (χ4n) is 3.79. The molecule has 1 unspecified atom stereocenters. The van der Waals surface area contributed by atoms with Gasteiger partial charge in [-0.2, -0.15) is 13.2 Å². The second-order valence-electron chi connectivity index (χ2n) is 8.73. The van der Waals surface area contributed by atoms with Gasteiger partial charge in [0.2, 0.25) is 0 Å². The lowest BCUT2D eigenvalue weighted by atomic mass is 9.88. The normalized spacial score (nSPS) is 22.4. The first-order chi connectivity index (χ1) is 13.8. The third-order valence-corrected chi connectivity index (χ3v) is 5.21. The van der Waals surface area contributed by atoms with E-state index in [2.05, 4.69) is 4.98 Å². The van der Waals surface area contributed by atoms with Gasteiger partial charge in [0.1, 0.15) is 11.7 Å². The molecule has 2 saturated heterocycles. The SMILES string of the molecule is CC1OC2(CCN(C(=O)OC(C)(C)C)CC2)CN(c2cnccc2C(F)(F)F)C1=O. The molecule has 0 N–H and O–H groups in total. The van der Waals surface area contributed by atoms with E-state index in [1.807, 2.05) is 0 Å². The van der Waals surface area contributed by atoms with Gasteiger partial charge in [0, 0.05) is 19.3 Å². The van der Waals surface area contributed by atoms with Crippen molar-refractivity contribution >= 4 is 17.7 Å². The zero-order chi connectivity index (χ0) is 22.3. The average Bonchev–Trinajstić information content (AvgIpc) is 2.63. The Morgan fingerprint density at radius 2 is 1.90 bits per heavy atom. The zero-order valence-electron chi connectivity index (χ0n) is 17.5. The number of amides is 2. The number of carbonyl (C=O) groups is 2. The van der Waals surface area contributed by atoms with Crippen molar-refractivity contribution in [2.24, 2.45) is 0 Å². The number of halogens is 3. The largest absolute Gasteiger partial charge is 0.444 e. The molecule has 2 fully saturated rings. The van der Waals surface area contributed by atoms with Crippen LogP contribution in [0.1, 0.15) is 46.1 Å². The summed E-state index contributed by atoms with van der Waals surface area (Å²) in [5.41, 5.74) is -2.66. The highest BCUT2D eigenvalue weighted by Crippen LogP contribution is 2.40. The van der Waals surface area contributed by atoms with Gasteiger partial charge in [0.05, 0.1) is 29.6 Å².